The molecule has 1 saturated heterocycles. The lowest BCUT2D eigenvalue weighted by Crippen LogP contribution is -2.44. The first-order valence-electron chi connectivity index (χ1n) is 11.5. The molecule has 0 N–H and O–H groups in total. The van der Waals surface area contributed by atoms with E-state index in [1.165, 1.54) is 18.2 Å². The first kappa shape index (κ1) is 25.8. The third kappa shape index (κ3) is 5.43. The van der Waals surface area contributed by atoms with Crippen LogP contribution in [-0.4, -0.2) is 31.6 Å². The smallest absolute Gasteiger partial charge is 0.376 e. The number of ether oxygens (including phenoxy) is 1. The molecule has 0 unspecified atom stereocenters. The van der Waals surface area contributed by atoms with Crippen LogP contribution in [0.15, 0.2) is 60.7 Å². The number of piperidine rings is 1. The Morgan fingerprint density at radius 3 is 2.28 bits per heavy atom. The number of hydrogen-bond donors (Lipinski definition) is 0. The number of halogens is 5. The molecule has 0 aromatic heterocycles. The molecule has 0 amide bonds. The van der Waals surface area contributed by atoms with Crippen molar-refractivity contribution in [3.8, 4) is 17.2 Å². The van der Waals surface area contributed by atoms with E-state index in [1.54, 1.807) is 36.4 Å². The highest BCUT2D eigenvalue weighted by molar-refractivity contribution is 5.68. The molecule has 36 heavy (non-hydrogen) atoms. The molecule has 3 aromatic rings. The maximum Gasteiger partial charge on any atom is 0.417 e. The van der Waals surface area contributed by atoms with Gasteiger partial charge in [0.15, 0.2) is 0 Å². The number of nitrogens with zero attached hydrogens (tertiary/aromatic N) is 2. The number of rotatable bonds is 6. The molecule has 0 atom stereocenters. The topological polar surface area (TPSA) is 36.3 Å². The predicted octanol–water partition coefficient (Wildman–Crippen LogP) is 6.70. The summed E-state index contributed by atoms with van der Waals surface area (Å²) in [6.07, 6.45) is -3.65. The van der Waals surface area contributed by atoms with Crippen LogP contribution < -0.4 is 0 Å². The molecule has 0 radical (unpaired) electrons. The highest BCUT2D eigenvalue weighted by Gasteiger charge is 2.39. The number of benzene rings is 3. The highest BCUT2D eigenvalue weighted by atomic mass is 19.4. The van der Waals surface area contributed by atoms with Crippen molar-refractivity contribution in [2.24, 2.45) is 0 Å². The molecule has 3 nitrogen and oxygen atoms in total. The molecule has 0 saturated carbocycles. The average Bonchev–Trinajstić information content (AvgIpc) is 2.85. The van der Waals surface area contributed by atoms with Crippen LogP contribution in [0.2, 0.25) is 0 Å². The minimum Gasteiger partial charge on any atom is -0.376 e. The molecule has 1 heterocycles. The monoisotopic (exact) mass is 500 g/mol. The van der Waals surface area contributed by atoms with Gasteiger partial charge in [0.05, 0.1) is 24.3 Å². The van der Waals surface area contributed by atoms with Crippen molar-refractivity contribution >= 4 is 0 Å². The minimum absolute atomic E-state index is 0.0190. The van der Waals surface area contributed by atoms with E-state index in [0.717, 1.165) is 12.1 Å². The van der Waals surface area contributed by atoms with Crippen molar-refractivity contribution in [2.75, 3.05) is 26.7 Å². The van der Waals surface area contributed by atoms with Crippen molar-refractivity contribution in [2.45, 2.75) is 31.0 Å². The zero-order chi connectivity index (χ0) is 25.9. The third-order valence-corrected chi connectivity index (χ3v) is 6.83. The van der Waals surface area contributed by atoms with Gasteiger partial charge < -0.3 is 9.64 Å². The van der Waals surface area contributed by atoms with Gasteiger partial charge in [0, 0.05) is 11.5 Å². The van der Waals surface area contributed by atoms with Crippen LogP contribution in [0.5, 0.6) is 0 Å². The maximum absolute atomic E-state index is 14.8. The Morgan fingerprint density at radius 1 is 0.972 bits per heavy atom. The second kappa shape index (κ2) is 10.4. The van der Waals surface area contributed by atoms with E-state index in [0.29, 0.717) is 42.6 Å². The van der Waals surface area contributed by atoms with Crippen molar-refractivity contribution in [1.29, 1.82) is 5.26 Å². The van der Waals surface area contributed by atoms with E-state index in [9.17, 15) is 27.2 Å². The second-order valence-corrected chi connectivity index (χ2v) is 9.23. The summed E-state index contributed by atoms with van der Waals surface area (Å²) >= 11 is 0. The zero-order valence-corrected chi connectivity index (χ0v) is 19.7. The van der Waals surface area contributed by atoms with E-state index in [2.05, 4.69) is 4.90 Å². The molecule has 1 fully saturated rings. The number of hydrogen-bond acceptors (Lipinski definition) is 3. The standard InChI is InChI=1S/C28H25F5N2O/c1-35-11-9-27(10-12-35,24-8-7-22(29)15-26(24)30)18-36-17-21-13-20(19-5-3-2-4-6-19)14-25(23(21)16-34)28(31,32)33/h2-8,13-15H,9-12,17-18H2,1H3. The maximum atomic E-state index is 14.8. The SMILES string of the molecule is CN1CCC(COCc2cc(-c3ccccc3)cc(C(F)(F)F)c2C#N)(c2ccc(F)cc2F)CC1. The average molecular weight is 501 g/mol. The molecule has 8 heteroatoms. The summed E-state index contributed by atoms with van der Waals surface area (Å²) in [6.45, 7) is 1.08. The van der Waals surface area contributed by atoms with E-state index in [4.69, 9.17) is 4.74 Å². The molecule has 0 spiro atoms. The first-order chi connectivity index (χ1) is 17.1. The summed E-state index contributed by atoms with van der Waals surface area (Å²) in [4.78, 5) is 2.09. The van der Waals surface area contributed by atoms with Crippen molar-refractivity contribution in [3.63, 3.8) is 0 Å². The summed E-state index contributed by atoms with van der Waals surface area (Å²) in [5.74, 6) is -1.36. The number of alkyl halides is 3. The van der Waals surface area contributed by atoms with Gasteiger partial charge in [-0.25, -0.2) is 8.78 Å². The Labute approximate surface area is 206 Å². The van der Waals surface area contributed by atoms with Crippen LogP contribution in [0.3, 0.4) is 0 Å². The third-order valence-electron chi connectivity index (χ3n) is 6.83. The molecule has 0 bridgehead atoms. The summed E-state index contributed by atoms with van der Waals surface area (Å²) in [5.41, 5.74) is -0.953. The molecule has 4 rings (SSSR count). The summed E-state index contributed by atoms with van der Waals surface area (Å²) in [5, 5.41) is 9.60. The Bertz CT molecular complexity index is 1260. The van der Waals surface area contributed by atoms with E-state index >= 15 is 0 Å². The molecular weight excluding hydrogens is 475 g/mol. The van der Waals surface area contributed by atoms with Crippen LogP contribution in [-0.2, 0) is 22.9 Å². The van der Waals surface area contributed by atoms with Crippen LogP contribution in [0.25, 0.3) is 11.1 Å². The molecule has 1 aliphatic heterocycles. The van der Waals surface area contributed by atoms with Gasteiger partial charge in [0.25, 0.3) is 0 Å². The normalized spacial score (nSPS) is 16.0. The van der Waals surface area contributed by atoms with E-state index in [1.807, 2.05) is 7.05 Å². The largest absolute Gasteiger partial charge is 0.417 e. The molecule has 3 aromatic carbocycles. The second-order valence-electron chi connectivity index (χ2n) is 9.23. The minimum atomic E-state index is -4.73. The Kier molecular flexibility index (Phi) is 7.43. The van der Waals surface area contributed by atoms with Crippen LogP contribution in [0.4, 0.5) is 22.0 Å². The van der Waals surface area contributed by atoms with Crippen LogP contribution >= 0.6 is 0 Å². The quantitative estimate of drug-likeness (QED) is 0.353. The predicted molar refractivity (Wildman–Crippen MR) is 126 cm³/mol. The van der Waals surface area contributed by atoms with Crippen molar-refractivity contribution in [1.82, 2.24) is 4.90 Å². The van der Waals surface area contributed by atoms with Gasteiger partial charge >= 0.3 is 6.18 Å². The number of likely N-dealkylation sites (tertiary alicyclic amines) is 1. The lowest BCUT2D eigenvalue weighted by molar-refractivity contribution is -0.137. The Balaban J connectivity index is 1.67. The lowest BCUT2D eigenvalue weighted by atomic mass is 9.73. The van der Waals surface area contributed by atoms with Crippen LogP contribution in [0, 0.1) is 23.0 Å². The fourth-order valence-electron chi connectivity index (χ4n) is 4.78. The van der Waals surface area contributed by atoms with Crippen molar-refractivity contribution in [3.05, 3.63) is 94.6 Å². The number of nitriles is 1. The van der Waals surface area contributed by atoms with Gasteiger partial charge in [-0.1, -0.05) is 36.4 Å². The Morgan fingerprint density at radius 2 is 1.67 bits per heavy atom. The van der Waals surface area contributed by atoms with Gasteiger partial charge in [0.2, 0.25) is 0 Å². The van der Waals surface area contributed by atoms with E-state index < -0.39 is 34.4 Å². The van der Waals surface area contributed by atoms with Gasteiger partial charge in [-0.3, -0.25) is 0 Å². The van der Waals surface area contributed by atoms with E-state index in [-0.39, 0.29) is 18.8 Å². The van der Waals surface area contributed by atoms with Gasteiger partial charge in [-0.15, -0.1) is 0 Å². The fourth-order valence-corrected chi connectivity index (χ4v) is 4.78. The first-order valence-corrected chi connectivity index (χ1v) is 11.5. The highest BCUT2D eigenvalue weighted by Crippen LogP contribution is 2.39. The molecule has 188 valence electrons. The lowest BCUT2D eigenvalue weighted by Gasteiger charge is -2.41. The fraction of sp³-hybridized carbons (Fsp3) is 0.321. The Hall–Kier alpha value is -3.28. The van der Waals surface area contributed by atoms with Crippen LogP contribution in [0.1, 0.15) is 35.1 Å². The molecule has 1 aliphatic rings. The van der Waals surface area contributed by atoms with Gasteiger partial charge in [0.1, 0.15) is 17.7 Å². The van der Waals surface area contributed by atoms with Crippen molar-refractivity contribution < 1.29 is 26.7 Å². The summed E-state index contributed by atoms with van der Waals surface area (Å²) < 4.78 is 75.9. The summed E-state index contributed by atoms with van der Waals surface area (Å²) in [6, 6.07) is 16.2. The summed E-state index contributed by atoms with van der Waals surface area (Å²) in [7, 11) is 1.94. The molecular formula is C28H25F5N2O. The van der Waals surface area contributed by atoms with Gasteiger partial charge in [-0.2, -0.15) is 18.4 Å². The zero-order valence-electron chi connectivity index (χ0n) is 19.7. The molecule has 0 aliphatic carbocycles. The van der Waals surface area contributed by atoms with Gasteiger partial charge in [-0.05, 0) is 73.4 Å².